The summed E-state index contributed by atoms with van der Waals surface area (Å²) in [7, 11) is 2.54. The number of methoxy groups -OCH3 is 2. The van der Waals surface area contributed by atoms with Crippen LogP contribution in [0.25, 0.3) is 0 Å². The molecular weight excluding hydrogens is 244 g/mol. The average molecular weight is 268 g/mol. The molecule has 7 heteroatoms. The summed E-state index contributed by atoms with van der Waals surface area (Å²) >= 11 is 0. The van der Waals surface area contributed by atoms with Crippen LogP contribution in [-0.4, -0.2) is 68.2 Å². The molecule has 0 aliphatic heterocycles. The fraction of sp³-hybridized carbons (Fsp3) is 1.00. The first kappa shape index (κ1) is 17.7. The molecule has 1 atom stereocenters. The van der Waals surface area contributed by atoms with Crippen LogP contribution in [0.5, 0.6) is 0 Å². The summed E-state index contributed by atoms with van der Waals surface area (Å²) in [5.74, 6) is -1.80. The van der Waals surface area contributed by atoms with Gasteiger partial charge in [0.15, 0.2) is 6.29 Å². The van der Waals surface area contributed by atoms with E-state index in [1.165, 1.54) is 14.2 Å². The van der Waals surface area contributed by atoms with Gasteiger partial charge in [-0.25, -0.2) is 0 Å². The minimum Gasteiger partial charge on any atom is -0.395 e. The minimum absolute atomic E-state index is 0.200. The van der Waals surface area contributed by atoms with Gasteiger partial charge in [0.05, 0.1) is 13.2 Å². The van der Waals surface area contributed by atoms with Gasteiger partial charge < -0.3 is 34.3 Å². The second-order valence-electron chi connectivity index (χ2n) is 3.69. The standard InChI is InChI=1S/C11H24O7/c1-5-17-11(16-4,18-6-2)10(7-12,8-13)9(14)15-3/h9,12-14H,5-8H2,1-4H3. The number of aliphatic hydroxyl groups is 3. The van der Waals surface area contributed by atoms with E-state index in [2.05, 4.69) is 0 Å². The molecule has 0 bridgehead atoms. The molecule has 0 spiro atoms. The summed E-state index contributed by atoms with van der Waals surface area (Å²) in [6.07, 6.45) is -1.52. The monoisotopic (exact) mass is 268 g/mol. The van der Waals surface area contributed by atoms with Crippen molar-refractivity contribution >= 4 is 0 Å². The van der Waals surface area contributed by atoms with Gasteiger partial charge in [-0.1, -0.05) is 0 Å². The van der Waals surface area contributed by atoms with Gasteiger partial charge in [0.25, 0.3) is 5.97 Å². The highest BCUT2D eigenvalue weighted by molar-refractivity contribution is 4.91. The number of rotatable bonds is 10. The topological polar surface area (TPSA) is 97.6 Å². The number of ether oxygens (including phenoxy) is 4. The molecule has 18 heavy (non-hydrogen) atoms. The predicted octanol–water partition coefficient (Wildman–Crippen LogP) is -0.705. The SMILES string of the molecule is CCOC(OC)(OCC)C(CO)(CO)C(O)OC. The van der Waals surface area contributed by atoms with Crippen LogP contribution < -0.4 is 0 Å². The van der Waals surface area contributed by atoms with Crippen LogP contribution in [0.4, 0.5) is 0 Å². The maximum Gasteiger partial charge on any atom is 0.298 e. The molecule has 0 rings (SSSR count). The molecule has 0 heterocycles. The lowest BCUT2D eigenvalue weighted by molar-refractivity contribution is -0.454. The van der Waals surface area contributed by atoms with Gasteiger partial charge in [-0.05, 0) is 13.8 Å². The van der Waals surface area contributed by atoms with Crippen LogP contribution in [-0.2, 0) is 18.9 Å². The van der Waals surface area contributed by atoms with Crippen LogP contribution in [0, 0.1) is 5.41 Å². The van der Waals surface area contributed by atoms with Gasteiger partial charge in [0.1, 0.15) is 5.41 Å². The van der Waals surface area contributed by atoms with Crippen LogP contribution in [0.3, 0.4) is 0 Å². The normalized spacial score (nSPS) is 14.8. The van der Waals surface area contributed by atoms with E-state index in [-0.39, 0.29) is 13.2 Å². The van der Waals surface area contributed by atoms with Crippen molar-refractivity contribution in [2.45, 2.75) is 26.1 Å². The van der Waals surface area contributed by atoms with Crippen LogP contribution >= 0.6 is 0 Å². The zero-order valence-corrected chi connectivity index (χ0v) is 11.4. The van der Waals surface area contributed by atoms with Gasteiger partial charge in [0, 0.05) is 27.4 Å². The Balaban J connectivity index is 5.57. The lowest BCUT2D eigenvalue weighted by Gasteiger charge is -2.47. The molecule has 0 aromatic heterocycles. The van der Waals surface area contributed by atoms with E-state index in [0.717, 1.165) is 0 Å². The van der Waals surface area contributed by atoms with E-state index >= 15 is 0 Å². The maximum absolute atomic E-state index is 9.91. The molecule has 0 aliphatic rings. The molecule has 7 nitrogen and oxygen atoms in total. The zero-order valence-electron chi connectivity index (χ0n) is 11.4. The van der Waals surface area contributed by atoms with Crippen molar-refractivity contribution in [2.75, 3.05) is 40.6 Å². The first-order valence-corrected chi connectivity index (χ1v) is 5.79. The van der Waals surface area contributed by atoms with Gasteiger partial charge in [0.2, 0.25) is 0 Å². The summed E-state index contributed by atoms with van der Waals surface area (Å²) in [6, 6.07) is 0. The molecule has 0 saturated carbocycles. The van der Waals surface area contributed by atoms with Crippen molar-refractivity contribution < 1.29 is 34.3 Å². The van der Waals surface area contributed by atoms with Gasteiger partial charge in [-0.2, -0.15) is 0 Å². The lowest BCUT2D eigenvalue weighted by atomic mass is 9.85. The van der Waals surface area contributed by atoms with E-state index in [1.54, 1.807) is 13.8 Å². The van der Waals surface area contributed by atoms with Crippen LogP contribution in [0.1, 0.15) is 13.8 Å². The number of hydrogen-bond donors (Lipinski definition) is 3. The van der Waals surface area contributed by atoms with Crippen molar-refractivity contribution in [1.82, 2.24) is 0 Å². The number of aliphatic hydroxyl groups excluding tert-OH is 3. The molecule has 110 valence electrons. The largest absolute Gasteiger partial charge is 0.395 e. The molecule has 1 unspecified atom stereocenters. The Morgan fingerprint density at radius 2 is 1.44 bits per heavy atom. The first-order chi connectivity index (χ1) is 8.53. The van der Waals surface area contributed by atoms with Gasteiger partial charge in [-0.15, -0.1) is 0 Å². The summed E-state index contributed by atoms with van der Waals surface area (Å²) in [5.41, 5.74) is -1.66. The molecule has 0 aromatic carbocycles. The molecular formula is C11H24O7. The lowest BCUT2D eigenvalue weighted by Crippen LogP contribution is -2.63. The highest BCUT2D eigenvalue weighted by Gasteiger charge is 2.59. The van der Waals surface area contributed by atoms with Crippen molar-refractivity contribution in [3.63, 3.8) is 0 Å². The summed E-state index contributed by atoms with van der Waals surface area (Å²) in [4.78, 5) is 0. The molecule has 3 N–H and O–H groups in total. The second-order valence-corrected chi connectivity index (χ2v) is 3.69. The fourth-order valence-corrected chi connectivity index (χ4v) is 1.81. The average Bonchev–Trinajstić information content (AvgIpc) is 2.40. The molecule has 0 aromatic rings. The van der Waals surface area contributed by atoms with Crippen molar-refractivity contribution in [1.29, 1.82) is 0 Å². The van der Waals surface area contributed by atoms with E-state index in [1.807, 2.05) is 0 Å². The summed E-state index contributed by atoms with van der Waals surface area (Å²) in [6.45, 7) is 2.51. The Hall–Kier alpha value is -0.280. The molecule has 0 radical (unpaired) electrons. The van der Waals surface area contributed by atoms with Gasteiger partial charge in [-0.3, -0.25) is 0 Å². The predicted molar refractivity (Wildman–Crippen MR) is 62.6 cm³/mol. The van der Waals surface area contributed by atoms with E-state index in [9.17, 15) is 15.3 Å². The van der Waals surface area contributed by atoms with Gasteiger partial charge >= 0.3 is 0 Å². The highest BCUT2D eigenvalue weighted by Crippen LogP contribution is 2.39. The fourth-order valence-electron chi connectivity index (χ4n) is 1.81. The van der Waals surface area contributed by atoms with Crippen molar-refractivity contribution in [3.8, 4) is 0 Å². The van der Waals surface area contributed by atoms with Crippen molar-refractivity contribution in [2.24, 2.45) is 5.41 Å². The molecule has 0 amide bonds. The summed E-state index contributed by atoms with van der Waals surface area (Å²) in [5, 5.41) is 29.0. The maximum atomic E-state index is 9.91. The third-order valence-electron chi connectivity index (χ3n) is 2.81. The third-order valence-corrected chi connectivity index (χ3v) is 2.81. The second kappa shape index (κ2) is 8.00. The zero-order chi connectivity index (χ0) is 14.2. The Labute approximate surface area is 107 Å². The quantitative estimate of drug-likeness (QED) is 0.450. The van der Waals surface area contributed by atoms with E-state index in [0.29, 0.717) is 0 Å². The van der Waals surface area contributed by atoms with E-state index in [4.69, 9.17) is 18.9 Å². The minimum atomic E-state index is -1.80. The Kier molecular flexibility index (Phi) is 7.88. The number of hydrogen-bond acceptors (Lipinski definition) is 7. The summed E-state index contributed by atoms with van der Waals surface area (Å²) < 4.78 is 20.7. The van der Waals surface area contributed by atoms with Crippen LogP contribution in [0.2, 0.25) is 0 Å². The molecule has 0 aliphatic carbocycles. The van der Waals surface area contributed by atoms with Crippen LogP contribution in [0.15, 0.2) is 0 Å². The smallest absolute Gasteiger partial charge is 0.298 e. The molecule has 0 saturated heterocycles. The Bertz CT molecular complexity index is 211. The Morgan fingerprint density at radius 3 is 1.67 bits per heavy atom. The first-order valence-electron chi connectivity index (χ1n) is 5.79. The van der Waals surface area contributed by atoms with Crippen molar-refractivity contribution in [3.05, 3.63) is 0 Å². The van der Waals surface area contributed by atoms with E-state index < -0.39 is 30.9 Å². The highest BCUT2D eigenvalue weighted by atomic mass is 16.9. The molecule has 0 fully saturated rings. The third kappa shape index (κ3) is 3.00. The Morgan fingerprint density at radius 1 is 1.00 bits per heavy atom.